The molecule has 4 rings (SSSR count). The molecule has 52 heavy (non-hydrogen) atoms. The maximum atomic E-state index is 2.43. The van der Waals surface area contributed by atoms with Crippen molar-refractivity contribution in [3.05, 3.63) is 80.9 Å². The van der Waals surface area contributed by atoms with Crippen LogP contribution in [-0.4, -0.2) is 0 Å². The quantitative estimate of drug-likeness (QED) is 0.276. The van der Waals surface area contributed by atoms with E-state index in [1.807, 2.05) is 96.9 Å². The first-order valence-corrected chi connectivity index (χ1v) is 21.8. The molecule has 2 aromatic carbocycles. The summed E-state index contributed by atoms with van der Waals surface area (Å²) in [7, 11) is 0. The van der Waals surface area contributed by atoms with Gasteiger partial charge in [-0.15, -0.1) is 0 Å². The first kappa shape index (κ1) is 65.1. The predicted octanol–water partition coefficient (Wildman–Crippen LogP) is 19.8. The topological polar surface area (TPSA) is 0 Å². The molecule has 0 nitrogen and oxygen atoms in total. The van der Waals surface area contributed by atoms with Gasteiger partial charge in [0.15, 0.2) is 0 Å². The van der Waals surface area contributed by atoms with Crippen LogP contribution in [0.15, 0.2) is 36.4 Å². The first-order valence-electron chi connectivity index (χ1n) is 21.8. The Morgan fingerprint density at radius 1 is 0.596 bits per heavy atom. The molecule has 0 amide bonds. The Morgan fingerprint density at radius 3 is 1.38 bits per heavy atom. The van der Waals surface area contributed by atoms with Crippen LogP contribution in [-0.2, 0) is 5.41 Å². The Kier molecular flexibility index (Phi) is 48.7. The normalized spacial score (nSPS) is 17.3. The first-order chi connectivity index (χ1) is 23.9. The van der Waals surface area contributed by atoms with Gasteiger partial charge in [-0.05, 0) is 126 Å². The fourth-order valence-electron chi connectivity index (χ4n) is 7.09. The monoisotopic (exact) mass is 729 g/mol. The molecule has 0 saturated carbocycles. The molecule has 0 fully saturated rings. The number of benzene rings is 2. The molecule has 4 unspecified atom stereocenters. The molecule has 2 aliphatic rings. The third kappa shape index (κ3) is 20.0. The summed E-state index contributed by atoms with van der Waals surface area (Å²) < 4.78 is 0. The van der Waals surface area contributed by atoms with E-state index in [1.54, 1.807) is 33.4 Å². The van der Waals surface area contributed by atoms with Gasteiger partial charge in [0, 0.05) is 5.92 Å². The van der Waals surface area contributed by atoms with Crippen LogP contribution >= 0.6 is 0 Å². The molecule has 0 bridgehead atoms. The second kappa shape index (κ2) is 38.9. The minimum Gasteiger partial charge on any atom is -0.0910 e. The molecule has 0 aliphatic heterocycles. The van der Waals surface area contributed by atoms with Gasteiger partial charge >= 0.3 is 0 Å². The summed E-state index contributed by atoms with van der Waals surface area (Å²) in [5.74, 6) is 3.52. The van der Waals surface area contributed by atoms with E-state index in [4.69, 9.17) is 0 Å². The van der Waals surface area contributed by atoms with Gasteiger partial charge in [0.25, 0.3) is 0 Å². The molecule has 2 aromatic rings. The zero-order chi connectivity index (χ0) is 40.8. The third-order valence-electron chi connectivity index (χ3n) is 9.02. The second-order valence-corrected chi connectivity index (χ2v) is 13.2. The van der Waals surface area contributed by atoms with Crippen molar-refractivity contribution in [2.75, 3.05) is 0 Å². The van der Waals surface area contributed by atoms with Crippen LogP contribution in [0.25, 0.3) is 0 Å². The summed E-state index contributed by atoms with van der Waals surface area (Å²) in [4.78, 5) is 0. The van der Waals surface area contributed by atoms with E-state index in [1.165, 1.54) is 43.2 Å². The van der Waals surface area contributed by atoms with Crippen molar-refractivity contribution >= 4 is 0 Å². The van der Waals surface area contributed by atoms with Crippen LogP contribution in [0.1, 0.15) is 280 Å². The molecular formula is C52H104. The third-order valence-corrected chi connectivity index (χ3v) is 9.02. The lowest BCUT2D eigenvalue weighted by Gasteiger charge is -2.37. The molecule has 0 saturated heterocycles. The molecule has 0 heterocycles. The summed E-state index contributed by atoms with van der Waals surface area (Å²) in [5.41, 5.74) is 13.0. The number of hydrogen-bond donors (Lipinski definition) is 0. The fraction of sp³-hybridized carbons (Fsp3) is 0.731. The average Bonchev–Trinajstić information content (AvgIpc) is 3.16. The van der Waals surface area contributed by atoms with E-state index in [0.29, 0.717) is 11.8 Å². The van der Waals surface area contributed by atoms with E-state index in [0.717, 1.165) is 17.8 Å². The van der Waals surface area contributed by atoms with Crippen molar-refractivity contribution < 1.29 is 0 Å². The Hall–Kier alpha value is -1.82. The maximum absolute atomic E-state index is 2.43. The lowest BCUT2D eigenvalue weighted by atomic mass is 9.67. The van der Waals surface area contributed by atoms with Crippen LogP contribution in [0.5, 0.6) is 0 Å². The highest BCUT2D eigenvalue weighted by molar-refractivity contribution is 5.50. The number of aryl methyl sites for hydroxylation is 2. The Morgan fingerprint density at radius 2 is 1.00 bits per heavy atom. The van der Waals surface area contributed by atoms with Gasteiger partial charge in [-0.3, -0.25) is 0 Å². The van der Waals surface area contributed by atoms with Crippen LogP contribution in [0.4, 0.5) is 0 Å². The van der Waals surface area contributed by atoms with E-state index < -0.39 is 0 Å². The Bertz CT molecular complexity index is 1060. The molecule has 0 heteroatoms. The smallest absolute Gasteiger partial charge is 0.00236 e. The molecule has 0 N–H and O–H groups in total. The maximum Gasteiger partial charge on any atom is 0.00236 e. The molecule has 0 radical (unpaired) electrons. The standard InChI is InChI=1S/C20H32.C16H22.7C2H6.2CH4/c1-8-15-10-9-14(4)18-16(13(2)3)11-12-17(19(15)18)20(5,6)7;1-5-6-14-10-9-12(3)15-11(2)7-8-13(4)16(14)15;7*1-2;;/h11-15H,8-10H2,1-7H3;5-8,12,14H,9-10H2,1-4H3;7*1-2H3;2*1H4. The van der Waals surface area contributed by atoms with Crippen molar-refractivity contribution in [2.45, 2.75) is 255 Å². The van der Waals surface area contributed by atoms with Crippen LogP contribution in [0.3, 0.4) is 0 Å². The van der Waals surface area contributed by atoms with Crippen LogP contribution in [0, 0.1) is 13.8 Å². The average molecular weight is 729 g/mol. The van der Waals surface area contributed by atoms with E-state index >= 15 is 0 Å². The van der Waals surface area contributed by atoms with Crippen molar-refractivity contribution in [1.29, 1.82) is 0 Å². The summed E-state index contributed by atoms with van der Waals surface area (Å²) in [6.45, 7) is 53.6. The van der Waals surface area contributed by atoms with Crippen molar-refractivity contribution in [3.63, 3.8) is 0 Å². The molecule has 2 aliphatic carbocycles. The SMILES string of the molecule is C.C.CC.CC.CC.CC.CC.CC.CC.CC=CC1CCC(C)c2c(C)ccc(C)c21.CCC1CCC(C)c2c(C(C)C)ccc(C(C)(C)C)c21. The zero-order valence-corrected chi connectivity index (χ0v) is 39.4. The lowest BCUT2D eigenvalue weighted by Crippen LogP contribution is -2.23. The predicted molar refractivity (Wildman–Crippen MR) is 254 cm³/mol. The zero-order valence-electron chi connectivity index (χ0n) is 39.4. The highest BCUT2D eigenvalue weighted by atomic mass is 14.4. The second-order valence-electron chi connectivity index (χ2n) is 13.2. The fourth-order valence-corrected chi connectivity index (χ4v) is 7.09. The molecule has 312 valence electrons. The Labute approximate surface area is 334 Å². The molecule has 4 atom stereocenters. The summed E-state index contributed by atoms with van der Waals surface area (Å²) >= 11 is 0. The van der Waals surface area contributed by atoms with Gasteiger partial charge in [-0.1, -0.05) is 204 Å². The number of fused-ring (bicyclic) bond motifs is 2. The van der Waals surface area contributed by atoms with Crippen LogP contribution in [0.2, 0.25) is 0 Å². The Balaban J connectivity index is -0.000000114. The van der Waals surface area contributed by atoms with Gasteiger partial charge in [-0.25, -0.2) is 0 Å². The molecule has 0 aromatic heterocycles. The van der Waals surface area contributed by atoms with E-state index in [2.05, 4.69) is 113 Å². The van der Waals surface area contributed by atoms with Gasteiger partial charge in [0.2, 0.25) is 0 Å². The minimum atomic E-state index is 0. The largest absolute Gasteiger partial charge is 0.0910 e. The lowest BCUT2D eigenvalue weighted by molar-refractivity contribution is 0.468. The van der Waals surface area contributed by atoms with Gasteiger partial charge in [0.1, 0.15) is 0 Å². The summed E-state index contributed by atoms with van der Waals surface area (Å²) in [5, 5.41) is 0. The van der Waals surface area contributed by atoms with Crippen molar-refractivity contribution in [2.24, 2.45) is 0 Å². The number of allylic oxidation sites excluding steroid dienone is 2. The van der Waals surface area contributed by atoms with Crippen molar-refractivity contribution in [3.8, 4) is 0 Å². The number of hydrogen-bond acceptors (Lipinski definition) is 0. The molecular weight excluding hydrogens is 625 g/mol. The highest BCUT2D eigenvalue weighted by Crippen LogP contribution is 2.47. The number of rotatable bonds is 3. The van der Waals surface area contributed by atoms with Gasteiger partial charge in [0.05, 0.1) is 0 Å². The highest BCUT2D eigenvalue weighted by Gasteiger charge is 2.32. The molecule has 0 spiro atoms. The van der Waals surface area contributed by atoms with Crippen molar-refractivity contribution in [1.82, 2.24) is 0 Å². The van der Waals surface area contributed by atoms with E-state index in [9.17, 15) is 0 Å². The summed E-state index contributed by atoms with van der Waals surface area (Å²) in [6, 6.07) is 9.40. The minimum absolute atomic E-state index is 0. The summed E-state index contributed by atoms with van der Waals surface area (Å²) in [6.07, 6.45) is 11.2. The van der Waals surface area contributed by atoms with Crippen LogP contribution < -0.4 is 0 Å². The van der Waals surface area contributed by atoms with Gasteiger partial charge < -0.3 is 0 Å². The van der Waals surface area contributed by atoms with E-state index in [-0.39, 0.29) is 20.3 Å². The van der Waals surface area contributed by atoms with Gasteiger partial charge in [-0.2, -0.15) is 0 Å².